The van der Waals surface area contributed by atoms with Crippen molar-refractivity contribution < 1.29 is 0 Å². The Bertz CT molecular complexity index is 1470. The highest BCUT2D eigenvalue weighted by Gasteiger charge is 2.52. The molecule has 3 atom stereocenters. The second-order valence-corrected chi connectivity index (χ2v) is 9.61. The van der Waals surface area contributed by atoms with Crippen LogP contribution >= 0.6 is 11.6 Å². The van der Waals surface area contributed by atoms with Crippen molar-refractivity contribution in [1.82, 2.24) is 24.8 Å². The molecule has 4 aromatic rings. The predicted molar refractivity (Wildman–Crippen MR) is 135 cm³/mol. The van der Waals surface area contributed by atoms with Crippen LogP contribution in [0, 0.1) is 24.7 Å². The van der Waals surface area contributed by atoms with Gasteiger partial charge in [-0.05, 0) is 62.0 Å². The fraction of sp³-hybridized carbons (Fsp3) is 0.308. The van der Waals surface area contributed by atoms with Crippen molar-refractivity contribution in [2.45, 2.75) is 13.5 Å². The van der Waals surface area contributed by atoms with E-state index in [1.54, 1.807) is 13.2 Å². The summed E-state index contributed by atoms with van der Waals surface area (Å²) in [6, 6.07) is 13.5. The average molecular weight is 473 g/mol. The summed E-state index contributed by atoms with van der Waals surface area (Å²) in [6.07, 6.45) is 1.77. The summed E-state index contributed by atoms with van der Waals surface area (Å²) in [5, 5.41) is 7.75. The summed E-state index contributed by atoms with van der Waals surface area (Å²) in [4.78, 5) is 27.4. The van der Waals surface area contributed by atoms with Gasteiger partial charge in [0, 0.05) is 52.6 Å². The number of nitrogens with zero attached hydrogens (tertiary/aromatic N) is 4. The fourth-order valence-electron chi connectivity index (χ4n) is 5.27. The molecule has 6 rings (SSSR count). The molecule has 0 bridgehead atoms. The highest BCUT2D eigenvalue weighted by atomic mass is 35.5. The van der Waals surface area contributed by atoms with Crippen LogP contribution in [0.15, 0.2) is 53.5 Å². The number of benzene rings is 1. The number of piperidine rings is 1. The van der Waals surface area contributed by atoms with Crippen molar-refractivity contribution in [3.05, 3.63) is 69.7 Å². The first-order chi connectivity index (χ1) is 16.5. The van der Waals surface area contributed by atoms with Crippen molar-refractivity contribution in [1.29, 1.82) is 0 Å². The van der Waals surface area contributed by atoms with Crippen LogP contribution in [0.25, 0.3) is 33.4 Å². The number of aromatic nitrogens is 4. The molecule has 2 fully saturated rings. The van der Waals surface area contributed by atoms with Crippen LogP contribution in [0.2, 0.25) is 5.02 Å². The summed E-state index contributed by atoms with van der Waals surface area (Å²) < 4.78 is 1.82. The second-order valence-electron chi connectivity index (χ2n) is 9.20. The van der Waals surface area contributed by atoms with Gasteiger partial charge in [-0.3, -0.25) is 14.3 Å². The number of pyridine rings is 2. The minimum absolute atomic E-state index is 0.0745. The van der Waals surface area contributed by atoms with Gasteiger partial charge in [-0.2, -0.15) is 4.98 Å². The molecule has 2 N–H and O–H groups in total. The van der Waals surface area contributed by atoms with Crippen LogP contribution in [0.5, 0.6) is 0 Å². The lowest BCUT2D eigenvalue weighted by Crippen LogP contribution is -2.26. The lowest BCUT2D eigenvalue weighted by molar-refractivity contribution is 0.515. The smallest absolute Gasteiger partial charge is 0.260 e. The Morgan fingerprint density at radius 3 is 2.68 bits per heavy atom. The Hall–Kier alpha value is -3.29. The summed E-state index contributed by atoms with van der Waals surface area (Å²) in [5.41, 5.74) is 4.55. The van der Waals surface area contributed by atoms with Crippen LogP contribution in [-0.4, -0.2) is 39.7 Å². The molecule has 7 nitrogen and oxygen atoms in total. The van der Waals surface area contributed by atoms with E-state index in [1.807, 2.05) is 54.0 Å². The molecular formula is C26H25ClN6O. The molecule has 2 aliphatic rings. The molecule has 0 spiro atoms. The monoisotopic (exact) mass is 472 g/mol. The van der Waals surface area contributed by atoms with Gasteiger partial charge in [0.15, 0.2) is 0 Å². The maximum Gasteiger partial charge on any atom is 0.260 e. The zero-order valence-corrected chi connectivity index (χ0v) is 19.8. The third-order valence-electron chi connectivity index (χ3n) is 7.16. The zero-order chi connectivity index (χ0) is 23.4. The summed E-state index contributed by atoms with van der Waals surface area (Å²) in [5.74, 6) is 2.27. The first kappa shape index (κ1) is 21.3. The number of halogens is 1. The number of fused-ring (bicyclic) bond motifs is 2. The van der Waals surface area contributed by atoms with Crippen molar-refractivity contribution in [2.24, 2.45) is 17.8 Å². The Morgan fingerprint density at radius 1 is 1.12 bits per heavy atom. The lowest BCUT2D eigenvalue weighted by atomic mass is 10.0. The molecule has 1 saturated carbocycles. The summed E-state index contributed by atoms with van der Waals surface area (Å²) in [6.45, 7) is 4.67. The molecule has 2 unspecified atom stereocenters. The van der Waals surface area contributed by atoms with Gasteiger partial charge in [-0.1, -0.05) is 29.8 Å². The van der Waals surface area contributed by atoms with E-state index in [9.17, 15) is 4.79 Å². The van der Waals surface area contributed by atoms with E-state index in [-0.39, 0.29) is 5.56 Å². The standard InChI is InChI=1S/C26H25ClN6O/c1-14-4-3-5-23(31-14)15-6-7-17(22(27)9-15)18-8-16-10-30-26(28-2)32-24(16)33(25(18)34)13-21-19-11-29-12-20(19)21/h3-10,19-21,29H,11-13H2,1-2H3,(H,28,30,32)/t19-,20?,21?/m0/s1. The molecule has 1 saturated heterocycles. The molecule has 1 aliphatic carbocycles. The molecule has 34 heavy (non-hydrogen) atoms. The SMILES string of the molecule is CNc1ncc2cc(-c3ccc(-c4cccc(C)n4)cc3Cl)c(=O)n(CC3C4CNC[C@@H]43)c2n1. The molecule has 1 aliphatic heterocycles. The first-order valence-electron chi connectivity index (χ1n) is 11.6. The van der Waals surface area contributed by atoms with E-state index in [4.69, 9.17) is 11.6 Å². The molecule has 172 valence electrons. The number of rotatable bonds is 5. The molecule has 1 aromatic carbocycles. The van der Waals surface area contributed by atoms with Gasteiger partial charge in [0.2, 0.25) is 5.95 Å². The minimum Gasteiger partial charge on any atom is -0.357 e. The topological polar surface area (TPSA) is 84.7 Å². The highest BCUT2D eigenvalue weighted by molar-refractivity contribution is 6.33. The van der Waals surface area contributed by atoms with Crippen molar-refractivity contribution in [2.75, 3.05) is 25.5 Å². The van der Waals surface area contributed by atoms with Crippen LogP contribution in [0.3, 0.4) is 0 Å². The van der Waals surface area contributed by atoms with Gasteiger partial charge in [0.25, 0.3) is 5.56 Å². The van der Waals surface area contributed by atoms with Gasteiger partial charge in [-0.25, -0.2) is 4.98 Å². The molecular weight excluding hydrogens is 448 g/mol. The first-order valence-corrected chi connectivity index (χ1v) is 11.9. The predicted octanol–water partition coefficient (Wildman–Crippen LogP) is 3.99. The maximum atomic E-state index is 13.8. The van der Waals surface area contributed by atoms with E-state index in [2.05, 4.69) is 25.6 Å². The number of hydrogen-bond donors (Lipinski definition) is 2. The number of hydrogen-bond acceptors (Lipinski definition) is 6. The van der Waals surface area contributed by atoms with Crippen LogP contribution < -0.4 is 16.2 Å². The molecule has 3 aromatic heterocycles. The summed E-state index contributed by atoms with van der Waals surface area (Å²) in [7, 11) is 1.78. The van der Waals surface area contributed by atoms with Gasteiger partial charge in [0.1, 0.15) is 5.65 Å². The lowest BCUT2D eigenvalue weighted by Gasteiger charge is -2.15. The number of nitrogens with one attached hydrogen (secondary N) is 2. The van der Waals surface area contributed by atoms with Crippen LogP contribution in [0.4, 0.5) is 5.95 Å². The fourth-order valence-corrected chi connectivity index (χ4v) is 5.55. The van der Waals surface area contributed by atoms with Crippen LogP contribution in [0.1, 0.15) is 5.69 Å². The van der Waals surface area contributed by atoms with Crippen LogP contribution in [-0.2, 0) is 6.54 Å². The van der Waals surface area contributed by atoms with Gasteiger partial charge < -0.3 is 10.6 Å². The van der Waals surface area contributed by atoms with E-state index >= 15 is 0 Å². The number of anilines is 1. The van der Waals surface area contributed by atoms with E-state index in [1.165, 1.54) is 0 Å². The maximum absolute atomic E-state index is 13.8. The van der Waals surface area contributed by atoms with Gasteiger partial charge >= 0.3 is 0 Å². The van der Waals surface area contributed by atoms with Gasteiger partial charge in [-0.15, -0.1) is 0 Å². The van der Waals surface area contributed by atoms with E-state index in [0.717, 1.165) is 35.4 Å². The Balaban J connectivity index is 1.47. The van der Waals surface area contributed by atoms with Crippen molar-refractivity contribution in [3.63, 3.8) is 0 Å². The molecule has 8 heteroatoms. The Kier molecular flexibility index (Phi) is 5.12. The van der Waals surface area contributed by atoms with E-state index in [0.29, 0.717) is 52.0 Å². The third kappa shape index (κ3) is 3.56. The third-order valence-corrected chi connectivity index (χ3v) is 7.47. The highest BCUT2D eigenvalue weighted by Crippen LogP contribution is 2.49. The Labute approximate surface area is 202 Å². The van der Waals surface area contributed by atoms with Crippen molar-refractivity contribution in [3.8, 4) is 22.4 Å². The minimum atomic E-state index is -0.0745. The molecule has 4 heterocycles. The molecule has 0 radical (unpaired) electrons. The normalized spacial score (nSPS) is 21.0. The average Bonchev–Trinajstić information content (AvgIpc) is 3.25. The molecule has 0 amide bonds. The second kappa shape index (κ2) is 8.18. The number of aryl methyl sites for hydroxylation is 1. The van der Waals surface area contributed by atoms with Gasteiger partial charge in [0.05, 0.1) is 5.69 Å². The zero-order valence-electron chi connectivity index (χ0n) is 19.0. The Morgan fingerprint density at radius 2 is 1.94 bits per heavy atom. The van der Waals surface area contributed by atoms with E-state index < -0.39 is 0 Å². The largest absolute Gasteiger partial charge is 0.357 e. The quantitative estimate of drug-likeness (QED) is 0.457. The van der Waals surface area contributed by atoms with Crippen molar-refractivity contribution >= 4 is 28.6 Å². The summed E-state index contributed by atoms with van der Waals surface area (Å²) >= 11 is 6.75.